The molecule has 0 atom stereocenters. The number of rotatable bonds is 5. The van der Waals surface area contributed by atoms with Crippen molar-refractivity contribution in [2.75, 3.05) is 5.75 Å². The molecular weight excluding hydrogens is 212 g/mol. The molecule has 0 saturated heterocycles. The third-order valence-electron chi connectivity index (χ3n) is 1.75. The van der Waals surface area contributed by atoms with Gasteiger partial charge in [0.1, 0.15) is 0 Å². The van der Waals surface area contributed by atoms with Crippen molar-refractivity contribution in [2.24, 2.45) is 5.92 Å². The average Bonchev–Trinajstić information content (AvgIpc) is 2.41. The standard InChI is InChI=1S/C10H16N2O2S/c1-7(2)5-12-9(4-8(3)11-12)15-6-10(13)14/h4,7H,5-6H2,1-3H3,(H,13,14). The van der Waals surface area contributed by atoms with Gasteiger partial charge in [0.2, 0.25) is 0 Å². The molecule has 0 amide bonds. The molecule has 0 aromatic carbocycles. The molecule has 0 saturated carbocycles. The summed E-state index contributed by atoms with van der Waals surface area (Å²) in [5.41, 5.74) is 0.934. The first-order valence-corrected chi connectivity index (χ1v) is 5.86. The van der Waals surface area contributed by atoms with Gasteiger partial charge < -0.3 is 5.11 Å². The zero-order valence-corrected chi connectivity index (χ0v) is 10.0. The van der Waals surface area contributed by atoms with Gasteiger partial charge in [-0.05, 0) is 18.9 Å². The van der Waals surface area contributed by atoms with E-state index in [4.69, 9.17) is 5.11 Å². The van der Waals surface area contributed by atoms with Crippen molar-refractivity contribution in [2.45, 2.75) is 32.3 Å². The molecule has 0 aliphatic rings. The first kappa shape index (κ1) is 12.1. The van der Waals surface area contributed by atoms with Crippen molar-refractivity contribution in [3.05, 3.63) is 11.8 Å². The summed E-state index contributed by atoms with van der Waals surface area (Å²) in [6, 6.07) is 1.93. The highest BCUT2D eigenvalue weighted by Gasteiger charge is 2.09. The zero-order valence-electron chi connectivity index (χ0n) is 9.23. The highest BCUT2D eigenvalue weighted by molar-refractivity contribution is 7.99. The maximum atomic E-state index is 10.5. The Morgan fingerprint density at radius 3 is 2.87 bits per heavy atom. The molecule has 5 heteroatoms. The SMILES string of the molecule is Cc1cc(SCC(=O)O)n(CC(C)C)n1. The predicted molar refractivity (Wildman–Crippen MR) is 60.2 cm³/mol. The number of aromatic nitrogens is 2. The normalized spacial score (nSPS) is 10.9. The summed E-state index contributed by atoms with van der Waals surface area (Å²) in [5, 5.41) is 13.9. The Kier molecular flexibility index (Phi) is 4.20. The minimum Gasteiger partial charge on any atom is -0.481 e. The van der Waals surface area contributed by atoms with Crippen LogP contribution in [0.3, 0.4) is 0 Å². The maximum absolute atomic E-state index is 10.5. The number of hydrogen-bond donors (Lipinski definition) is 1. The van der Waals surface area contributed by atoms with Gasteiger partial charge in [-0.3, -0.25) is 9.48 Å². The Bertz CT molecular complexity index is 347. The monoisotopic (exact) mass is 228 g/mol. The van der Waals surface area contributed by atoms with Gasteiger partial charge in [0.05, 0.1) is 16.5 Å². The van der Waals surface area contributed by atoms with Crippen molar-refractivity contribution in [3.63, 3.8) is 0 Å². The fourth-order valence-corrected chi connectivity index (χ4v) is 2.04. The van der Waals surface area contributed by atoms with E-state index < -0.39 is 5.97 Å². The fourth-order valence-electron chi connectivity index (χ4n) is 1.25. The number of carboxylic acids is 1. The Morgan fingerprint density at radius 2 is 2.33 bits per heavy atom. The largest absolute Gasteiger partial charge is 0.481 e. The Balaban J connectivity index is 2.72. The smallest absolute Gasteiger partial charge is 0.313 e. The minimum atomic E-state index is -0.796. The van der Waals surface area contributed by atoms with E-state index in [1.165, 1.54) is 11.8 Å². The Morgan fingerprint density at radius 1 is 1.67 bits per heavy atom. The molecule has 1 aromatic heterocycles. The van der Waals surface area contributed by atoms with Crippen LogP contribution in [0.1, 0.15) is 19.5 Å². The van der Waals surface area contributed by atoms with Gasteiger partial charge in [0, 0.05) is 6.54 Å². The average molecular weight is 228 g/mol. The summed E-state index contributed by atoms with van der Waals surface area (Å²) in [4.78, 5) is 10.5. The summed E-state index contributed by atoms with van der Waals surface area (Å²) in [6.45, 7) is 6.97. The van der Waals surface area contributed by atoms with E-state index in [0.717, 1.165) is 17.3 Å². The predicted octanol–water partition coefficient (Wildman–Crippen LogP) is 2.02. The van der Waals surface area contributed by atoms with E-state index in [0.29, 0.717) is 5.92 Å². The van der Waals surface area contributed by atoms with Crippen molar-refractivity contribution in [3.8, 4) is 0 Å². The molecule has 0 aliphatic carbocycles. The Labute approximate surface area is 93.7 Å². The van der Waals surface area contributed by atoms with Crippen LogP contribution in [0.25, 0.3) is 0 Å². The molecule has 0 radical (unpaired) electrons. The van der Waals surface area contributed by atoms with Crippen LogP contribution in [0.15, 0.2) is 11.1 Å². The van der Waals surface area contributed by atoms with Crippen LogP contribution >= 0.6 is 11.8 Å². The fraction of sp³-hybridized carbons (Fsp3) is 0.600. The van der Waals surface area contributed by atoms with Crippen molar-refractivity contribution >= 4 is 17.7 Å². The third kappa shape index (κ3) is 3.95. The van der Waals surface area contributed by atoms with Crippen LogP contribution in [0, 0.1) is 12.8 Å². The topological polar surface area (TPSA) is 55.1 Å². The second-order valence-corrected chi connectivity index (χ2v) is 4.88. The number of nitrogens with zero attached hydrogens (tertiary/aromatic N) is 2. The van der Waals surface area contributed by atoms with Gasteiger partial charge in [-0.2, -0.15) is 5.10 Å². The van der Waals surface area contributed by atoms with Gasteiger partial charge in [-0.15, -0.1) is 0 Å². The van der Waals surface area contributed by atoms with Crippen molar-refractivity contribution in [1.29, 1.82) is 0 Å². The van der Waals surface area contributed by atoms with Crippen molar-refractivity contribution in [1.82, 2.24) is 9.78 Å². The lowest BCUT2D eigenvalue weighted by atomic mass is 10.2. The molecule has 0 fully saturated rings. The van der Waals surface area contributed by atoms with Gasteiger partial charge >= 0.3 is 5.97 Å². The number of hydrogen-bond acceptors (Lipinski definition) is 3. The number of carboxylic acid groups (broad SMARTS) is 1. The molecule has 0 spiro atoms. The highest BCUT2D eigenvalue weighted by atomic mass is 32.2. The molecule has 15 heavy (non-hydrogen) atoms. The number of carbonyl (C=O) groups is 1. The van der Waals surface area contributed by atoms with Gasteiger partial charge in [-0.25, -0.2) is 0 Å². The third-order valence-corrected chi connectivity index (χ3v) is 2.76. The lowest BCUT2D eigenvalue weighted by Gasteiger charge is -2.08. The van der Waals surface area contributed by atoms with Crippen LogP contribution in [0.5, 0.6) is 0 Å². The minimum absolute atomic E-state index is 0.0865. The van der Waals surface area contributed by atoms with E-state index in [-0.39, 0.29) is 5.75 Å². The van der Waals surface area contributed by atoms with Gasteiger partial charge in [0.25, 0.3) is 0 Å². The lowest BCUT2D eigenvalue weighted by molar-refractivity contribution is -0.133. The first-order chi connectivity index (χ1) is 6.99. The summed E-state index contributed by atoms with van der Waals surface area (Å²) in [5.74, 6) is -0.202. The molecule has 4 nitrogen and oxygen atoms in total. The van der Waals surface area contributed by atoms with Crippen LogP contribution in [-0.4, -0.2) is 26.6 Å². The number of thioether (sulfide) groups is 1. The quantitative estimate of drug-likeness (QED) is 0.783. The van der Waals surface area contributed by atoms with Crippen LogP contribution < -0.4 is 0 Å². The van der Waals surface area contributed by atoms with Crippen molar-refractivity contribution < 1.29 is 9.90 Å². The van der Waals surface area contributed by atoms with E-state index in [1.54, 1.807) is 0 Å². The second-order valence-electron chi connectivity index (χ2n) is 3.88. The molecule has 1 aromatic rings. The number of aryl methyl sites for hydroxylation is 1. The second kappa shape index (κ2) is 5.21. The molecule has 0 aliphatic heterocycles. The summed E-state index contributed by atoms with van der Waals surface area (Å²) < 4.78 is 1.88. The van der Waals surface area contributed by atoms with E-state index in [1.807, 2.05) is 17.7 Å². The van der Waals surface area contributed by atoms with Crippen LogP contribution in [0.2, 0.25) is 0 Å². The van der Waals surface area contributed by atoms with E-state index in [2.05, 4.69) is 18.9 Å². The lowest BCUT2D eigenvalue weighted by Crippen LogP contribution is -2.08. The summed E-state index contributed by atoms with van der Waals surface area (Å²) in [6.07, 6.45) is 0. The van der Waals surface area contributed by atoms with E-state index >= 15 is 0 Å². The maximum Gasteiger partial charge on any atom is 0.313 e. The molecular formula is C10H16N2O2S. The van der Waals surface area contributed by atoms with Gasteiger partial charge in [-0.1, -0.05) is 25.6 Å². The van der Waals surface area contributed by atoms with Gasteiger partial charge in [0.15, 0.2) is 0 Å². The highest BCUT2D eigenvalue weighted by Crippen LogP contribution is 2.20. The van der Waals surface area contributed by atoms with Crippen LogP contribution in [-0.2, 0) is 11.3 Å². The molecule has 1 N–H and O–H groups in total. The summed E-state index contributed by atoms with van der Waals surface area (Å²) in [7, 11) is 0. The molecule has 84 valence electrons. The first-order valence-electron chi connectivity index (χ1n) is 4.88. The molecule has 0 unspecified atom stereocenters. The molecule has 1 rings (SSSR count). The van der Waals surface area contributed by atoms with Crippen LogP contribution in [0.4, 0.5) is 0 Å². The Hall–Kier alpha value is -0.970. The zero-order chi connectivity index (χ0) is 11.4. The molecule has 1 heterocycles. The number of aliphatic carboxylic acids is 1. The molecule has 0 bridgehead atoms. The van der Waals surface area contributed by atoms with E-state index in [9.17, 15) is 4.79 Å². The summed E-state index contributed by atoms with van der Waals surface area (Å²) >= 11 is 1.32.